The molecule has 0 unspecified atom stereocenters. The van der Waals surface area contributed by atoms with Crippen molar-refractivity contribution in [2.45, 2.75) is 65.2 Å². The van der Waals surface area contributed by atoms with Gasteiger partial charge in [0.25, 0.3) is 0 Å². The molecule has 0 saturated heterocycles. The van der Waals surface area contributed by atoms with Crippen molar-refractivity contribution in [1.82, 2.24) is 10.6 Å². The molecule has 0 heterocycles. The van der Waals surface area contributed by atoms with Crippen molar-refractivity contribution in [3.8, 4) is 0 Å². The van der Waals surface area contributed by atoms with E-state index in [-0.39, 0.29) is 12.0 Å². The van der Waals surface area contributed by atoms with E-state index in [2.05, 4.69) is 22.2 Å². The van der Waals surface area contributed by atoms with Crippen LogP contribution in [0, 0.1) is 0 Å². The fraction of sp³-hybridized carbons (Fsp3) is 0.476. The van der Waals surface area contributed by atoms with E-state index in [9.17, 15) is 9.59 Å². The van der Waals surface area contributed by atoms with E-state index < -0.39 is 23.4 Å². The zero-order valence-electron chi connectivity index (χ0n) is 17.5. The van der Waals surface area contributed by atoms with Gasteiger partial charge in [0.15, 0.2) is 0 Å². The molecule has 0 radical (unpaired) electrons. The molecule has 28 heavy (non-hydrogen) atoms. The average molecular weight is 389 g/mol. The Bertz CT molecular complexity index is 669. The second-order valence-corrected chi connectivity index (χ2v) is 8.18. The Morgan fingerprint density at radius 1 is 1.00 bits per heavy atom. The maximum atomic E-state index is 12.2. The largest absolute Gasteiger partial charge is 0.444 e. The van der Waals surface area contributed by atoms with Gasteiger partial charge in [0.05, 0.1) is 6.04 Å². The molecule has 0 bridgehead atoms. The van der Waals surface area contributed by atoms with E-state index in [1.165, 1.54) is 0 Å². The molecule has 1 aromatic carbocycles. The van der Waals surface area contributed by atoms with Gasteiger partial charge in [-0.25, -0.2) is 14.6 Å². The number of ether oxygens (including phenoxy) is 2. The molecule has 7 heteroatoms. The lowest BCUT2D eigenvalue weighted by Gasteiger charge is -2.23. The normalized spacial score (nSPS) is 12.4. The van der Waals surface area contributed by atoms with Crippen LogP contribution in [0.15, 0.2) is 48.0 Å². The van der Waals surface area contributed by atoms with Gasteiger partial charge < -0.3 is 9.47 Å². The van der Waals surface area contributed by atoms with Crippen LogP contribution in [0.4, 0.5) is 9.59 Å². The summed E-state index contributed by atoms with van der Waals surface area (Å²) in [4.78, 5) is 28.9. The Balaban J connectivity index is 3.11. The van der Waals surface area contributed by atoms with Crippen LogP contribution < -0.4 is 10.6 Å². The topological polar surface area (TPSA) is 89.0 Å². The molecular formula is C21H31N3O4. The van der Waals surface area contributed by atoms with Gasteiger partial charge in [-0.15, -0.1) is 6.58 Å². The van der Waals surface area contributed by atoms with E-state index in [0.29, 0.717) is 6.42 Å². The van der Waals surface area contributed by atoms with Crippen molar-refractivity contribution >= 4 is 18.1 Å². The van der Waals surface area contributed by atoms with Crippen LogP contribution >= 0.6 is 0 Å². The first-order valence-corrected chi connectivity index (χ1v) is 9.13. The number of benzene rings is 1. The van der Waals surface area contributed by atoms with Crippen LogP contribution in [0.3, 0.4) is 0 Å². The van der Waals surface area contributed by atoms with Crippen molar-refractivity contribution in [2.24, 2.45) is 4.99 Å². The monoisotopic (exact) mass is 389 g/mol. The molecule has 0 aliphatic carbocycles. The SMILES string of the molecule is C=CC[C@H](N=C(NC(=O)OC(C)(C)C)NC(=O)OC(C)(C)C)c1ccccc1. The lowest BCUT2D eigenvalue weighted by atomic mass is 10.0. The van der Waals surface area contributed by atoms with Crippen molar-refractivity contribution in [3.63, 3.8) is 0 Å². The van der Waals surface area contributed by atoms with Gasteiger partial charge in [0.1, 0.15) is 11.2 Å². The molecule has 0 aliphatic rings. The van der Waals surface area contributed by atoms with Gasteiger partial charge in [0, 0.05) is 0 Å². The van der Waals surface area contributed by atoms with Crippen LogP contribution in [0.1, 0.15) is 59.6 Å². The predicted molar refractivity (Wildman–Crippen MR) is 110 cm³/mol. The van der Waals surface area contributed by atoms with Crippen LogP contribution in [0.25, 0.3) is 0 Å². The highest BCUT2D eigenvalue weighted by Gasteiger charge is 2.22. The van der Waals surface area contributed by atoms with E-state index in [1.54, 1.807) is 47.6 Å². The molecule has 0 fully saturated rings. The molecule has 1 atom stereocenters. The number of guanidine groups is 1. The highest BCUT2D eigenvalue weighted by atomic mass is 16.6. The first-order valence-electron chi connectivity index (χ1n) is 9.13. The Morgan fingerprint density at radius 3 is 1.86 bits per heavy atom. The van der Waals surface area contributed by atoms with Gasteiger partial charge in [-0.1, -0.05) is 36.4 Å². The quantitative estimate of drug-likeness (QED) is 0.443. The number of rotatable bonds is 4. The molecule has 1 rings (SSSR count). The summed E-state index contributed by atoms with van der Waals surface area (Å²) in [6.45, 7) is 14.2. The molecule has 1 aromatic rings. The summed E-state index contributed by atoms with van der Waals surface area (Å²) in [5, 5.41) is 4.98. The second kappa shape index (κ2) is 9.92. The summed E-state index contributed by atoms with van der Waals surface area (Å²) >= 11 is 0. The zero-order chi connectivity index (χ0) is 21.4. The van der Waals surface area contributed by atoms with Gasteiger partial charge in [0.2, 0.25) is 5.96 Å². The Labute approximate surface area is 167 Å². The van der Waals surface area contributed by atoms with E-state index in [4.69, 9.17) is 9.47 Å². The summed E-state index contributed by atoms with van der Waals surface area (Å²) in [5.41, 5.74) is -0.473. The number of aliphatic imine (C=N–C) groups is 1. The predicted octanol–water partition coefficient (Wildman–Crippen LogP) is 4.71. The van der Waals surface area contributed by atoms with E-state index in [0.717, 1.165) is 5.56 Å². The number of nitrogens with zero attached hydrogens (tertiary/aromatic N) is 1. The highest BCUT2D eigenvalue weighted by molar-refractivity contribution is 6.01. The van der Waals surface area contributed by atoms with Gasteiger partial charge in [-0.3, -0.25) is 10.6 Å². The molecule has 154 valence electrons. The summed E-state index contributed by atoms with van der Waals surface area (Å²) in [7, 11) is 0. The molecule has 2 amide bonds. The summed E-state index contributed by atoms with van der Waals surface area (Å²) in [6, 6.07) is 9.16. The van der Waals surface area contributed by atoms with Crippen molar-refractivity contribution in [2.75, 3.05) is 0 Å². The summed E-state index contributed by atoms with van der Waals surface area (Å²) < 4.78 is 10.5. The summed E-state index contributed by atoms with van der Waals surface area (Å²) in [5.74, 6) is -0.0563. The van der Waals surface area contributed by atoms with Gasteiger partial charge in [-0.05, 0) is 53.5 Å². The maximum Gasteiger partial charge on any atom is 0.414 e. The minimum absolute atomic E-state index is 0.0563. The standard InChI is InChI=1S/C21H31N3O4/c1-8-12-16(15-13-10-9-11-14-15)22-17(23-18(25)27-20(2,3)4)24-19(26)28-21(5,6)7/h8-11,13-14,16H,1,12H2,2-7H3,(H2,22,23,24,25,26)/t16-/m0/s1. The van der Waals surface area contributed by atoms with Crippen molar-refractivity contribution < 1.29 is 19.1 Å². The van der Waals surface area contributed by atoms with Crippen LogP contribution in [0.5, 0.6) is 0 Å². The van der Waals surface area contributed by atoms with Crippen molar-refractivity contribution in [1.29, 1.82) is 0 Å². The number of hydrogen-bond donors (Lipinski definition) is 2. The number of alkyl carbamates (subject to hydrolysis) is 2. The molecule has 0 saturated carbocycles. The fourth-order valence-corrected chi connectivity index (χ4v) is 2.15. The van der Waals surface area contributed by atoms with Crippen molar-refractivity contribution in [3.05, 3.63) is 48.6 Å². The maximum absolute atomic E-state index is 12.2. The minimum atomic E-state index is -0.729. The average Bonchev–Trinajstić information content (AvgIpc) is 2.51. The smallest absolute Gasteiger partial charge is 0.414 e. The number of hydrogen-bond acceptors (Lipinski definition) is 5. The molecule has 0 spiro atoms. The number of carbonyl (C=O) groups excluding carboxylic acids is 2. The first kappa shape index (κ1) is 23.2. The highest BCUT2D eigenvalue weighted by Crippen LogP contribution is 2.21. The van der Waals surface area contributed by atoms with Crippen LogP contribution in [-0.2, 0) is 9.47 Å². The number of carbonyl (C=O) groups is 2. The van der Waals surface area contributed by atoms with Crippen LogP contribution in [-0.4, -0.2) is 29.3 Å². The van der Waals surface area contributed by atoms with Crippen LogP contribution in [0.2, 0.25) is 0 Å². The fourth-order valence-electron chi connectivity index (χ4n) is 2.15. The van der Waals surface area contributed by atoms with E-state index in [1.807, 2.05) is 30.3 Å². The van der Waals surface area contributed by atoms with Gasteiger partial charge in [-0.2, -0.15) is 0 Å². The Morgan fingerprint density at radius 2 is 1.46 bits per heavy atom. The number of amides is 2. The zero-order valence-corrected chi connectivity index (χ0v) is 17.5. The lowest BCUT2D eigenvalue weighted by molar-refractivity contribution is 0.0545. The Hall–Kier alpha value is -2.83. The number of nitrogens with one attached hydrogen (secondary N) is 2. The second-order valence-electron chi connectivity index (χ2n) is 8.18. The molecular weight excluding hydrogens is 358 g/mol. The summed E-state index contributed by atoms with van der Waals surface area (Å²) in [6.07, 6.45) is 0.777. The molecule has 7 nitrogen and oxygen atoms in total. The molecule has 0 aliphatic heterocycles. The molecule has 2 N–H and O–H groups in total. The van der Waals surface area contributed by atoms with E-state index >= 15 is 0 Å². The third kappa shape index (κ3) is 9.75. The minimum Gasteiger partial charge on any atom is -0.444 e. The Kier molecular flexibility index (Phi) is 8.22. The third-order valence-electron chi connectivity index (χ3n) is 3.10. The van der Waals surface area contributed by atoms with Gasteiger partial charge >= 0.3 is 12.2 Å². The third-order valence-corrected chi connectivity index (χ3v) is 3.10. The molecule has 0 aromatic heterocycles. The first-order chi connectivity index (χ1) is 12.9. The lowest BCUT2D eigenvalue weighted by Crippen LogP contribution is -2.47.